The molecule has 0 aliphatic heterocycles. The van der Waals surface area contributed by atoms with E-state index in [0.717, 1.165) is 7.11 Å². The zero-order valence-electron chi connectivity index (χ0n) is 11.8. The maximum absolute atomic E-state index is 11.9. The topological polar surface area (TPSA) is 105 Å². The minimum Gasteiger partial charge on any atom is -0.467 e. The molecule has 1 rings (SSSR count). The number of benzene rings is 1. The van der Waals surface area contributed by atoms with Crippen LogP contribution in [0.2, 0.25) is 0 Å². The average Bonchev–Trinajstić information content (AvgIpc) is 2.52. The first-order chi connectivity index (χ1) is 9.99. The van der Waals surface area contributed by atoms with Gasteiger partial charge >= 0.3 is 5.97 Å². The average molecular weight is 294 g/mol. The summed E-state index contributed by atoms with van der Waals surface area (Å²) in [5, 5.41) is 13.8. The van der Waals surface area contributed by atoms with Crippen molar-refractivity contribution in [1.82, 2.24) is 10.6 Å². The Balaban J connectivity index is 2.58. The van der Waals surface area contributed by atoms with Crippen molar-refractivity contribution in [3.63, 3.8) is 0 Å². The number of hydrogen-bond acceptors (Lipinski definition) is 5. The van der Waals surface area contributed by atoms with Crippen molar-refractivity contribution >= 4 is 17.8 Å². The van der Waals surface area contributed by atoms with Crippen LogP contribution in [0, 0.1) is 0 Å². The highest BCUT2D eigenvalue weighted by Gasteiger charge is 2.24. The first-order valence-corrected chi connectivity index (χ1v) is 6.34. The summed E-state index contributed by atoms with van der Waals surface area (Å²) in [6.07, 6.45) is 0. The zero-order chi connectivity index (χ0) is 15.8. The van der Waals surface area contributed by atoms with E-state index in [9.17, 15) is 14.4 Å². The molecule has 0 spiro atoms. The molecule has 7 heteroatoms. The van der Waals surface area contributed by atoms with Crippen molar-refractivity contribution in [2.24, 2.45) is 0 Å². The number of carbonyl (C=O) groups is 3. The SMILES string of the molecule is COC(=O)[C@H](CO)NC(=O)[C@H](C)NC(=O)c1ccccc1. The second kappa shape index (κ2) is 8.01. The molecule has 0 radical (unpaired) electrons. The molecule has 0 heterocycles. The van der Waals surface area contributed by atoms with Crippen LogP contribution in [0.4, 0.5) is 0 Å². The lowest BCUT2D eigenvalue weighted by Gasteiger charge is -2.18. The van der Waals surface area contributed by atoms with Crippen LogP contribution in [-0.2, 0) is 14.3 Å². The molecule has 0 saturated heterocycles. The lowest BCUT2D eigenvalue weighted by molar-refractivity contribution is -0.146. The van der Waals surface area contributed by atoms with Gasteiger partial charge in [-0.2, -0.15) is 0 Å². The van der Waals surface area contributed by atoms with Gasteiger partial charge in [0.1, 0.15) is 6.04 Å². The minimum atomic E-state index is -1.15. The molecule has 21 heavy (non-hydrogen) atoms. The van der Waals surface area contributed by atoms with E-state index in [1.165, 1.54) is 6.92 Å². The lowest BCUT2D eigenvalue weighted by atomic mass is 10.2. The number of aliphatic hydroxyl groups excluding tert-OH is 1. The monoisotopic (exact) mass is 294 g/mol. The molecular weight excluding hydrogens is 276 g/mol. The third-order valence-electron chi connectivity index (χ3n) is 2.76. The van der Waals surface area contributed by atoms with Crippen LogP contribution in [0.25, 0.3) is 0 Å². The van der Waals surface area contributed by atoms with Crippen LogP contribution < -0.4 is 10.6 Å². The Bertz CT molecular complexity index is 503. The third-order valence-corrected chi connectivity index (χ3v) is 2.76. The molecule has 0 bridgehead atoms. The van der Waals surface area contributed by atoms with Gasteiger partial charge in [0.25, 0.3) is 5.91 Å². The van der Waals surface area contributed by atoms with Gasteiger partial charge in [0.15, 0.2) is 6.04 Å². The van der Waals surface area contributed by atoms with Gasteiger partial charge in [-0.25, -0.2) is 4.79 Å². The Morgan fingerprint density at radius 2 is 1.81 bits per heavy atom. The largest absolute Gasteiger partial charge is 0.467 e. The highest BCUT2D eigenvalue weighted by Crippen LogP contribution is 1.99. The standard InChI is InChI=1S/C14H18N2O5/c1-9(12(18)16-11(8-17)14(20)21-2)15-13(19)10-6-4-3-5-7-10/h3-7,9,11,17H,8H2,1-2H3,(H,15,19)(H,16,18)/t9-,11-/m0/s1. The zero-order valence-corrected chi connectivity index (χ0v) is 11.8. The van der Waals surface area contributed by atoms with Crippen LogP contribution in [0.3, 0.4) is 0 Å². The van der Waals surface area contributed by atoms with E-state index >= 15 is 0 Å². The molecule has 0 fully saturated rings. The summed E-state index contributed by atoms with van der Waals surface area (Å²) in [5.41, 5.74) is 0.420. The first-order valence-electron chi connectivity index (χ1n) is 6.34. The Morgan fingerprint density at radius 1 is 1.19 bits per heavy atom. The smallest absolute Gasteiger partial charge is 0.330 e. The first kappa shape index (κ1) is 16.6. The van der Waals surface area contributed by atoms with Crippen LogP contribution in [-0.4, -0.2) is 48.7 Å². The van der Waals surface area contributed by atoms with Crippen molar-refractivity contribution < 1.29 is 24.2 Å². The van der Waals surface area contributed by atoms with E-state index in [4.69, 9.17) is 5.11 Å². The number of rotatable bonds is 6. The quantitative estimate of drug-likeness (QED) is 0.611. The summed E-state index contributed by atoms with van der Waals surface area (Å²) in [5.74, 6) is -1.76. The van der Waals surface area contributed by atoms with Gasteiger partial charge in [0.2, 0.25) is 5.91 Å². The second-order valence-electron chi connectivity index (χ2n) is 4.33. The summed E-state index contributed by atoms with van der Waals surface area (Å²) < 4.78 is 4.43. The Labute approximate surface area is 122 Å². The fourth-order valence-corrected chi connectivity index (χ4v) is 1.55. The fourth-order valence-electron chi connectivity index (χ4n) is 1.55. The number of nitrogens with one attached hydrogen (secondary N) is 2. The molecule has 2 atom stereocenters. The van der Waals surface area contributed by atoms with Crippen molar-refractivity contribution in [1.29, 1.82) is 0 Å². The maximum Gasteiger partial charge on any atom is 0.330 e. The third kappa shape index (κ3) is 4.88. The number of aliphatic hydroxyl groups is 1. The van der Waals surface area contributed by atoms with Gasteiger partial charge < -0.3 is 20.5 Å². The Hall–Kier alpha value is -2.41. The molecular formula is C14H18N2O5. The number of carbonyl (C=O) groups excluding carboxylic acids is 3. The van der Waals surface area contributed by atoms with E-state index in [-0.39, 0.29) is 0 Å². The van der Waals surface area contributed by atoms with Gasteiger partial charge in [-0.15, -0.1) is 0 Å². The number of amides is 2. The highest BCUT2D eigenvalue weighted by molar-refractivity contribution is 5.97. The number of methoxy groups -OCH3 is 1. The summed E-state index contributed by atoms with van der Waals surface area (Å²) in [6, 6.07) is 6.40. The summed E-state index contributed by atoms with van der Waals surface area (Å²) in [6.45, 7) is 0.889. The number of esters is 1. The molecule has 0 aromatic heterocycles. The maximum atomic E-state index is 11.9. The minimum absolute atomic E-state index is 0.406. The van der Waals surface area contributed by atoms with Crippen molar-refractivity contribution in [2.45, 2.75) is 19.0 Å². The molecule has 0 aliphatic rings. The fraction of sp³-hybridized carbons (Fsp3) is 0.357. The number of ether oxygens (including phenoxy) is 1. The van der Waals surface area contributed by atoms with E-state index in [0.29, 0.717) is 5.56 Å². The predicted molar refractivity (Wildman–Crippen MR) is 74.4 cm³/mol. The second-order valence-corrected chi connectivity index (χ2v) is 4.33. The summed E-state index contributed by atoms with van der Waals surface area (Å²) >= 11 is 0. The predicted octanol–water partition coefficient (Wildman–Crippen LogP) is -0.545. The van der Waals surface area contributed by atoms with Crippen LogP contribution in [0.5, 0.6) is 0 Å². The molecule has 0 unspecified atom stereocenters. The van der Waals surface area contributed by atoms with Crippen LogP contribution in [0.15, 0.2) is 30.3 Å². The molecule has 2 amide bonds. The Morgan fingerprint density at radius 3 is 2.33 bits per heavy atom. The van der Waals surface area contributed by atoms with E-state index < -0.39 is 36.5 Å². The molecule has 0 aliphatic carbocycles. The molecule has 114 valence electrons. The molecule has 7 nitrogen and oxygen atoms in total. The van der Waals surface area contributed by atoms with E-state index in [1.807, 2.05) is 0 Å². The van der Waals surface area contributed by atoms with Crippen LogP contribution >= 0.6 is 0 Å². The van der Waals surface area contributed by atoms with Crippen molar-refractivity contribution in [3.05, 3.63) is 35.9 Å². The van der Waals surface area contributed by atoms with E-state index in [1.54, 1.807) is 30.3 Å². The van der Waals surface area contributed by atoms with Gasteiger partial charge in [-0.1, -0.05) is 18.2 Å². The normalized spacial score (nSPS) is 12.9. The van der Waals surface area contributed by atoms with E-state index in [2.05, 4.69) is 15.4 Å². The lowest BCUT2D eigenvalue weighted by Crippen LogP contribution is -2.51. The molecule has 0 saturated carbocycles. The van der Waals surface area contributed by atoms with Crippen molar-refractivity contribution in [3.8, 4) is 0 Å². The molecule has 1 aromatic carbocycles. The van der Waals surface area contributed by atoms with Gasteiger partial charge in [0, 0.05) is 5.56 Å². The van der Waals surface area contributed by atoms with Crippen LogP contribution in [0.1, 0.15) is 17.3 Å². The van der Waals surface area contributed by atoms with Gasteiger partial charge in [-0.05, 0) is 19.1 Å². The summed E-state index contributed by atoms with van der Waals surface area (Å²) in [7, 11) is 1.15. The highest BCUT2D eigenvalue weighted by atomic mass is 16.5. The van der Waals surface area contributed by atoms with Crippen molar-refractivity contribution in [2.75, 3.05) is 13.7 Å². The molecule has 1 aromatic rings. The van der Waals surface area contributed by atoms with Gasteiger partial charge in [-0.3, -0.25) is 9.59 Å². The summed E-state index contributed by atoms with van der Waals surface area (Å²) in [4.78, 5) is 35.0. The van der Waals surface area contributed by atoms with Gasteiger partial charge in [0.05, 0.1) is 13.7 Å². The molecule has 3 N–H and O–H groups in total. The Kier molecular flexibility index (Phi) is 6.35. The number of hydrogen-bond donors (Lipinski definition) is 3.